The van der Waals surface area contributed by atoms with Crippen LogP contribution >= 0.6 is 0 Å². The predicted molar refractivity (Wildman–Crippen MR) is 76.1 cm³/mol. The summed E-state index contributed by atoms with van der Waals surface area (Å²) in [5, 5.41) is 10.2. The lowest BCUT2D eigenvalue weighted by Gasteiger charge is -2.12. The van der Waals surface area contributed by atoms with E-state index in [0.29, 0.717) is 12.0 Å². The number of aryl methyl sites for hydroxylation is 1. The van der Waals surface area contributed by atoms with Crippen molar-refractivity contribution in [2.24, 2.45) is 0 Å². The Hall–Kier alpha value is -1.66. The van der Waals surface area contributed by atoms with Gasteiger partial charge in [-0.15, -0.1) is 0 Å². The predicted octanol–water partition coefficient (Wildman–Crippen LogP) is 1.58. The minimum Gasteiger partial charge on any atom is -0.388 e. The van der Waals surface area contributed by atoms with Crippen LogP contribution in [0.25, 0.3) is 0 Å². The Labute approximate surface area is 118 Å². The molecule has 108 valence electrons. The van der Waals surface area contributed by atoms with Gasteiger partial charge >= 0.3 is 0 Å². The maximum absolute atomic E-state index is 11.4. The first-order chi connectivity index (χ1) is 9.41. The average Bonchev–Trinajstić information content (AvgIpc) is 2.85. The quantitative estimate of drug-likeness (QED) is 0.909. The number of nitrogens with zero attached hydrogens (tertiary/aromatic N) is 2. The molecular weight excluding hydrogens is 276 g/mol. The van der Waals surface area contributed by atoms with E-state index in [1.165, 1.54) is 12.1 Å². The van der Waals surface area contributed by atoms with E-state index < -0.39 is 15.9 Å². The molecule has 1 heterocycles. The highest BCUT2D eigenvalue weighted by atomic mass is 32.2. The summed E-state index contributed by atoms with van der Waals surface area (Å²) in [5.41, 5.74) is 0.683. The van der Waals surface area contributed by atoms with Gasteiger partial charge in [-0.25, -0.2) is 13.4 Å². The monoisotopic (exact) mass is 294 g/mol. The summed E-state index contributed by atoms with van der Waals surface area (Å²) in [6.45, 7) is 2.81. The first-order valence-corrected chi connectivity index (χ1v) is 8.29. The van der Waals surface area contributed by atoms with E-state index in [1.807, 2.05) is 17.7 Å². The maximum Gasteiger partial charge on any atom is 0.175 e. The lowest BCUT2D eigenvalue weighted by molar-refractivity contribution is 0.174. The van der Waals surface area contributed by atoms with Gasteiger partial charge in [-0.1, -0.05) is 12.1 Å². The van der Waals surface area contributed by atoms with Crippen LogP contribution in [0.15, 0.2) is 41.6 Å². The van der Waals surface area contributed by atoms with Crippen molar-refractivity contribution in [3.05, 3.63) is 48.0 Å². The van der Waals surface area contributed by atoms with Crippen molar-refractivity contribution in [1.29, 1.82) is 0 Å². The van der Waals surface area contributed by atoms with Crippen LogP contribution in [-0.2, 0) is 22.8 Å². The smallest absolute Gasteiger partial charge is 0.175 e. The number of sulfone groups is 1. The highest BCUT2D eigenvalue weighted by Crippen LogP contribution is 2.19. The molecule has 6 heteroatoms. The molecular formula is C14H18N2O3S. The summed E-state index contributed by atoms with van der Waals surface area (Å²) < 4.78 is 24.7. The molecule has 1 N–H and O–H groups in total. The third-order valence-corrected chi connectivity index (χ3v) is 4.34. The minimum absolute atomic E-state index is 0.253. The Balaban J connectivity index is 2.16. The summed E-state index contributed by atoms with van der Waals surface area (Å²) in [7, 11) is -3.20. The number of benzene rings is 1. The molecule has 0 aliphatic rings. The van der Waals surface area contributed by atoms with E-state index in [0.717, 1.165) is 18.6 Å². The SMILES string of the molecule is CCn1ccnc1CC(O)c1ccc(S(C)(=O)=O)cc1. The summed E-state index contributed by atoms with van der Waals surface area (Å²) >= 11 is 0. The van der Waals surface area contributed by atoms with E-state index in [4.69, 9.17) is 0 Å². The van der Waals surface area contributed by atoms with E-state index in [-0.39, 0.29) is 4.90 Å². The normalized spacial score (nSPS) is 13.3. The fourth-order valence-corrected chi connectivity index (χ4v) is 2.68. The fourth-order valence-electron chi connectivity index (χ4n) is 2.05. The van der Waals surface area contributed by atoms with Crippen LogP contribution < -0.4 is 0 Å². The maximum atomic E-state index is 11.4. The van der Waals surface area contributed by atoms with Gasteiger partial charge in [0.1, 0.15) is 5.82 Å². The molecule has 0 aliphatic heterocycles. The Kier molecular flexibility index (Phi) is 4.25. The number of aromatic nitrogens is 2. The van der Waals surface area contributed by atoms with Crippen molar-refractivity contribution < 1.29 is 13.5 Å². The number of rotatable bonds is 5. The third-order valence-electron chi connectivity index (χ3n) is 3.21. The molecule has 0 bridgehead atoms. The molecule has 0 fully saturated rings. The molecule has 5 nitrogen and oxygen atoms in total. The standard InChI is InChI=1S/C14H18N2O3S/c1-3-16-9-8-15-14(16)10-13(17)11-4-6-12(7-5-11)20(2,18)19/h4-9,13,17H,3,10H2,1-2H3. The van der Waals surface area contributed by atoms with Gasteiger partial charge in [-0.05, 0) is 24.6 Å². The third kappa shape index (κ3) is 3.26. The highest BCUT2D eigenvalue weighted by molar-refractivity contribution is 7.90. The van der Waals surface area contributed by atoms with Gasteiger partial charge < -0.3 is 9.67 Å². The Morgan fingerprint density at radius 3 is 2.50 bits per heavy atom. The van der Waals surface area contributed by atoms with E-state index in [9.17, 15) is 13.5 Å². The van der Waals surface area contributed by atoms with Gasteiger partial charge in [0, 0.05) is 31.6 Å². The Morgan fingerprint density at radius 2 is 1.95 bits per heavy atom. The molecule has 0 saturated heterocycles. The van der Waals surface area contributed by atoms with Crippen molar-refractivity contribution >= 4 is 9.84 Å². The van der Waals surface area contributed by atoms with Crippen molar-refractivity contribution in [3.8, 4) is 0 Å². The van der Waals surface area contributed by atoms with E-state index in [1.54, 1.807) is 18.3 Å². The molecule has 2 aromatic rings. The molecule has 1 aromatic heterocycles. The Bertz CT molecular complexity index is 675. The van der Waals surface area contributed by atoms with Gasteiger partial charge in [0.05, 0.1) is 11.0 Å². The van der Waals surface area contributed by atoms with Crippen LogP contribution in [-0.4, -0.2) is 29.3 Å². The molecule has 20 heavy (non-hydrogen) atoms. The van der Waals surface area contributed by atoms with Crippen LogP contribution in [0.2, 0.25) is 0 Å². The summed E-state index contributed by atoms with van der Waals surface area (Å²) in [6.07, 6.45) is 4.44. The molecule has 1 aromatic carbocycles. The van der Waals surface area contributed by atoms with Gasteiger partial charge in [0.15, 0.2) is 9.84 Å². The van der Waals surface area contributed by atoms with Crippen LogP contribution in [0, 0.1) is 0 Å². The average molecular weight is 294 g/mol. The molecule has 0 amide bonds. The molecule has 0 spiro atoms. The molecule has 1 unspecified atom stereocenters. The minimum atomic E-state index is -3.20. The fraction of sp³-hybridized carbons (Fsp3) is 0.357. The summed E-state index contributed by atoms with van der Waals surface area (Å²) in [5.74, 6) is 0.812. The number of hydrogen-bond acceptors (Lipinski definition) is 4. The van der Waals surface area contributed by atoms with Crippen molar-refractivity contribution in [2.75, 3.05) is 6.26 Å². The van der Waals surface area contributed by atoms with Gasteiger partial charge in [0.25, 0.3) is 0 Å². The molecule has 0 radical (unpaired) electrons. The van der Waals surface area contributed by atoms with Gasteiger partial charge in [0.2, 0.25) is 0 Å². The number of aliphatic hydroxyl groups excluding tert-OH is 1. The topological polar surface area (TPSA) is 72.2 Å². The first kappa shape index (κ1) is 14.7. The first-order valence-electron chi connectivity index (χ1n) is 6.40. The molecule has 0 saturated carbocycles. The zero-order chi connectivity index (χ0) is 14.8. The second-order valence-corrected chi connectivity index (χ2v) is 6.71. The lowest BCUT2D eigenvalue weighted by Crippen LogP contribution is -2.08. The highest BCUT2D eigenvalue weighted by Gasteiger charge is 2.13. The Morgan fingerprint density at radius 1 is 1.30 bits per heavy atom. The second-order valence-electron chi connectivity index (χ2n) is 4.69. The lowest BCUT2D eigenvalue weighted by atomic mass is 10.1. The summed E-state index contributed by atoms with van der Waals surface area (Å²) in [4.78, 5) is 4.47. The van der Waals surface area contributed by atoms with Crippen molar-refractivity contribution in [1.82, 2.24) is 9.55 Å². The van der Waals surface area contributed by atoms with Gasteiger partial charge in [-0.3, -0.25) is 0 Å². The molecule has 1 atom stereocenters. The van der Waals surface area contributed by atoms with Crippen molar-refractivity contribution in [2.45, 2.75) is 30.9 Å². The van der Waals surface area contributed by atoms with Crippen LogP contribution in [0.4, 0.5) is 0 Å². The number of imidazole rings is 1. The zero-order valence-corrected chi connectivity index (χ0v) is 12.3. The zero-order valence-electron chi connectivity index (χ0n) is 11.5. The van der Waals surface area contributed by atoms with Crippen LogP contribution in [0.3, 0.4) is 0 Å². The molecule has 2 rings (SSSR count). The second kappa shape index (κ2) is 5.76. The number of aliphatic hydroxyl groups is 1. The van der Waals surface area contributed by atoms with Crippen LogP contribution in [0.1, 0.15) is 24.4 Å². The van der Waals surface area contributed by atoms with Gasteiger partial charge in [-0.2, -0.15) is 0 Å². The number of hydrogen-bond donors (Lipinski definition) is 1. The molecule has 0 aliphatic carbocycles. The largest absolute Gasteiger partial charge is 0.388 e. The van der Waals surface area contributed by atoms with E-state index in [2.05, 4.69) is 4.98 Å². The van der Waals surface area contributed by atoms with E-state index >= 15 is 0 Å². The summed E-state index contributed by atoms with van der Waals surface area (Å²) in [6, 6.07) is 6.31. The van der Waals surface area contributed by atoms with Crippen molar-refractivity contribution in [3.63, 3.8) is 0 Å². The van der Waals surface area contributed by atoms with Crippen LogP contribution in [0.5, 0.6) is 0 Å².